The van der Waals surface area contributed by atoms with Crippen LogP contribution in [0.5, 0.6) is 0 Å². The Kier molecular flexibility index (Phi) is 5.14. The zero-order valence-corrected chi connectivity index (χ0v) is 9.06. The molecule has 1 aromatic carbocycles. The molecule has 0 saturated heterocycles. The van der Waals surface area contributed by atoms with Crippen molar-refractivity contribution in [2.24, 2.45) is 0 Å². The van der Waals surface area contributed by atoms with Crippen molar-refractivity contribution in [2.75, 3.05) is 12.9 Å². The minimum Gasteiger partial charge on any atom is -0.316 e. The first-order chi connectivity index (χ1) is 6.86. The Balaban J connectivity index is 2.69. The average molecular weight is 208 g/mol. The summed E-state index contributed by atoms with van der Waals surface area (Å²) in [7, 11) is 1.94. The lowest BCUT2D eigenvalue weighted by molar-refractivity contribution is 0.817. The van der Waals surface area contributed by atoms with Crippen LogP contribution in [-0.2, 0) is 6.54 Å². The summed E-state index contributed by atoms with van der Waals surface area (Å²) in [6, 6.07) is 8.22. The predicted molar refractivity (Wildman–Crippen MR) is 61.4 cm³/mol. The number of benzene rings is 1. The lowest BCUT2D eigenvalue weighted by Gasteiger charge is -1.99. The van der Waals surface area contributed by atoms with Gasteiger partial charge in [0.05, 0.1) is 0 Å². The van der Waals surface area contributed by atoms with E-state index in [1.165, 1.54) is 5.56 Å². The van der Waals surface area contributed by atoms with Gasteiger partial charge in [-0.05, 0) is 24.7 Å². The maximum atomic E-state index is 5.54. The molecule has 0 amide bonds. The molecular weight excluding hydrogens is 194 g/mol. The van der Waals surface area contributed by atoms with E-state index < -0.39 is 0 Å². The average Bonchev–Trinajstić information content (AvgIpc) is 2.19. The van der Waals surface area contributed by atoms with E-state index in [9.17, 15) is 0 Å². The number of rotatable bonds is 3. The molecule has 0 aliphatic heterocycles. The monoisotopic (exact) mass is 207 g/mol. The van der Waals surface area contributed by atoms with Crippen molar-refractivity contribution >= 4 is 11.6 Å². The lowest BCUT2D eigenvalue weighted by atomic mass is 10.1. The molecular formula is C12H14ClN. The van der Waals surface area contributed by atoms with Crippen molar-refractivity contribution in [3.8, 4) is 11.8 Å². The fourth-order valence-corrected chi connectivity index (χ4v) is 1.27. The van der Waals surface area contributed by atoms with Crippen LogP contribution in [-0.4, -0.2) is 12.9 Å². The Morgan fingerprint density at radius 1 is 1.43 bits per heavy atom. The molecule has 2 heteroatoms. The van der Waals surface area contributed by atoms with Gasteiger partial charge in [0.25, 0.3) is 0 Å². The van der Waals surface area contributed by atoms with Crippen LogP contribution in [0.3, 0.4) is 0 Å². The smallest absolute Gasteiger partial charge is 0.0333 e. The van der Waals surface area contributed by atoms with Gasteiger partial charge >= 0.3 is 0 Å². The summed E-state index contributed by atoms with van der Waals surface area (Å²) in [6.07, 6.45) is 0.748. The highest BCUT2D eigenvalue weighted by Gasteiger charge is 1.91. The SMILES string of the molecule is CNCc1cccc(C#CCCCl)c1. The van der Waals surface area contributed by atoms with Gasteiger partial charge in [0, 0.05) is 24.4 Å². The van der Waals surface area contributed by atoms with Gasteiger partial charge in [-0.25, -0.2) is 0 Å². The van der Waals surface area contributed by atoms with Crippen LogP contribution in [0.4, 0.5) is 0 Å². The maximum absolute atomic E-state index is 5.54. The molecule has 1 aromatic rings. The van der Waals surface area contributed by atoms with Crippen LogP contribution < -0.4 is 5.32 Å². The van der Waals surface area contributed by atoms with E-state index in [2.05, 4.69) is 29.3 Å². The van der Waals surface area contributed by atoms with E-state index in [-0.39, 0.29) is 0 Å². The van der Waals surface area contributed by atoms with Crippen molar-refractivity contribution in [3.63, 3.8) is 0 Å². The van der Waals surface area contributed by atoms with Crippen molar-refractivity contribution in [3.05, 3.63) is 35.4 Å². The van der Waals surface area contributed by atoms with Crippen molar-refractivity contribution < 1.29 is 0 Å². The molecule has 0 heterocycles. The third-order valence-electron chi connectivity index (χ3n) is 1.76. The molecule has 0 atom stereocenters. The summed E-state index contributed by atoms with van der Waals surface area (Å²) in [4.78, 5) is 0. The topological polar surface area (TPSA) is 12.0 Å². The second-order valence-corrected chi connectivity index (χ2v) is 3.35. The molecule has 0 aliphatic rings. The van der Waals surface area contributed by atoms with Gasteiger partial charge in [0.15, 0.2) is 0 Å². The van der Waals surface area contributed by atoms with Crippen LogP contribution in [0.25, 0.3) is 0 Å². The van der Waals surface area contributed by atoms with E-state index in [1.54, 1.807) is 0 Å². The Morgan fingerprint density at radius 3 is 3.00 bits per heavy atom. The molecule has 1 rings (SSSR count). The number of hydrogen-bond acceptors (Lipinski definition) is 1. The molecule has 1 N–H and O–H groups in total. The van der Waals surface area contributed by atoms with E-state index >= 15 is 0 Å². The van der Waals surface area contributed by atoms with Crippen molar-refractivity contribution in [1.29, 1.82) is 0 Å². The molecule has 1 nitrogen and oxygen atoms in total. The molecule has 74 valence electrons. The highest BCUT2D eigenvalue weighted by molar-refractivity contribution is 6.18. The van der Waals surface area contributed by atoms with Crippen LogP contribution in [0.2, 0.25) is 0 Å². The maximum Gasteiger partial charge on any atom is 0.0333 e. The van der Waals surface area contributed by atoms with Crippen molar-refractivity contribution in [2.45, 2.75) is 13.0 Å². The highest BCUT2D eigenvalue weighted by Crippen LogP contribution is 2.03. The van der Waals surface area contributed by atoms with Crippen molar-refractivity contribution in [1.82, 2.24) is 5.32 Å². The predicted octanol–water partition coefficient (Wildman–Crippen LogP) is 2.39. The largest absolute Gasteiger partial charge is 0.316 e. The Bertz CT molecular complexity index is 336. The quantitative estimate of drug-likeness (QED) is 0.593. The first kappa shape index (κ1) is 11.1. The van der Waals surface area contributed by atoms with Gasteiger partial charge in [-0.3, -0.25) is 0 Å². The summed E-state index contributed by atoms with van der Waals surface area (Å²) >= 11 is 5.54. The zero-order valence-electron chi connectivity index (χ0n) is 8.31. The molecule has 0 saturated carbocycles. The van der Waals surface area contributed by atoms with Gasteiger partial charge in [-0.1, -0.05) is 24.0 Å². The number of nitrogens with one attached hydrogen (secondary N) is 1. The van der Waals surface area contributed by atoms with E-state index in [0.29, 0.717) is 5.88 Å². The number of halogens is 1. The van der Waals surface area contributed by atoms with E-state index in [1.807, 2.05) is 19.2 Å². The summed E-state index contributed by atoms with van der Waals surface area (Å²) < 4.78 is 0. The van der Waals surface area contributed by atoms with Gasteiger partial charge in [-0.15, -0.1) is 11.6 Å². The Labute approximate surface area is 90.5 Å². The summed E-state index contributed by atoms with van der Waals surface area (Å²) in [5.41, 5.74) is 2.31. The second-order valence-electron chi connectivity index (χ2n) is 2.97. The summed E-state index contributed by atoms with van der Waals surface area (Å²) in [5, 5.41) is 3.11. The molecule has 0 aromatic heterocycles. The first-order valence-electron chi connectivity index (χ1n) is 4.65. The standard InChI is InChI=1S/C12H14ClN/c1-14-10-12-7-4-6-11(9-12)5-2-3-8-13/h4,6-7,9,14H,3,8,10H2,1H3. The van der Waals surface area contributed by atoms with Gasteiger partial charge < -0.3 is 5.32 Å². The fraction of sp³-hybridized carbons (Fsp3) is 0.333. The molecule has 0 spiro atoms. The number of hydrogen-bond donors (Lipinski definition) is 1. The Morgan fingerprint density at radius 2 is 2.29 bits per heavy atom. The molecule has 0 fully saturated rings. The zero-order chi connectivity index (χ0) is 10.2. The van der Waals surface area contributed by atoms with E-state index in [0.717, 1.165) is 18.5 Å². The summed E-state index contributed by atoms with van der Waals surface area (Å²) in [6.45, 7) is 0.880. The van der Waals surface area contributed by atoms with Gasteiger partial charge in [0.2, 0.25) is 0 Å². The lowest BCUT2D eigenvalue weighted by Crippen LogP contribution is -2.04. The molecule has 0 unspecified atom stereocenters. The molecule has 0 bridgehead atoms. The van der Waals surface area contributed by atoms with Crippen LogP contribution in [0, 0.1) is 11.8 Å². The van der Waals surface area contributed by atoms with Gasteiger partial charge in [-0.2, -0.15) is 0 Å². The molecule has 14 heavy (non-hydrogen) atoms. The molecule has 0 radical (unpaired) electrons. The van der Waals surface area contributed by atoms with Crippen LogP contribution in [0.15, 0.2) is 24.3 Å². The molecule has 0 aliphatic carbocycles. The summed E-state index contributed by atoms with van der Waals surface area (Å²) in [5.74, 6) is 6.70. The minimum atomic E-state index is 0.600. The minimum absolute atomic E-state index is 0.600. The number of alkyl halides is 1. The van der Waals surface area contributed by atoms with E-state index in [4.69, 9.17) is 11.6 Å². The second kappa shape index (κ2) is 6.48. The normalized spacial score (nSPS) is 9.29. The van der Waals surface area contributed by atoms with Gasteiger partial charge in [0.1, 0.15) is 0 Å². The van der Waals surface area contributed by atoms with Crippen LogP contribution >= 0.6 is 11.6 Å². The third-order valence-corrected chi connectivity index (χ3v) is 1.95. The first-order valence-corrected chi connectivity index (χ1v) is 5.18. The van der Waals surface area contributed by atoms with Crippen LogP contribution in [0.1, 0.15) is 17.5 Å². The fourth-order valence-electron chi connectivity index (χ4n) is 1.17. The highest BCUT2D eigenvalue weighted by atomic mass is 35.5. The Hall–Kier alpha value is -0.970. The third kappa shape index (κ3) is 3.83.